The van der Waals surface area contributed by atoms with Crippen LogP contribution in [0.4, 0.5) is 13.2 Å². The van der Waals surface area contributed by atoms with Gasteiger partial charge in [0.1, 0.15) is 17.1 Å². The van der Waals surface area contributed by atoms with Crippen LogP contribution in [-0.4, -0.2) is 29.4 Å². The van der Waals surface area contributed by atoms with Gasteiger partial charge in [-0.25, -0.2) is 4.98 Å². The maximum absolute atomic E-state index is 11.9. The standard InChI is InChI=1S/C11H12BrF3N2OS/c12-8-9(6-1-2-6)16-7(17-10(8)19)3-4-18-5-11(13,14)15/h6H,1-5H2,(H,16,17,19). The molecule has 0 aliphatic heterocycles. The summed E-state index contributed by atoms with van der Waals surface area (Å²) in [5, 5.41) is 0. The Morgan fingerprint density at radius 1 is 1.42 bits per heavy atom. The van der Waals surface area contributed by atoms with Gasteiger partial charge in [0, 0.05) is 18.0 Å². The summed E-state index contributed by atoms with van der Waals surface area (Å²) in [5.41, 5.74) is 0.992. The summed E-state index contributed by atoms with van der Waals surface area (Å²) in [5.74, 6) is 1.02. The minimum atomic E-state index is -4.29. The van der Waals surface area contributed by atoms with Crippen molar-refractivity contribution in [2.45, 2.75) is 31.4 Å². The highest BCUT2D eigenvalue weighted by atomic mass is 79.9. The maximum atomic E-state index is 11.9. The smallest absolute Gasteiger partial charge is 0.372 e. The number of aromatic amines is 1. The molecule has 0 spiro atoms. The van der Waals surface area contributed by atoms with Crippen molar-refractivity contribution < 1.29 is 17.9 Å². The predicted octanol–water partition coefficient (Wildman–Crippen LogP) is 3.90. The molecule has 0 saturated heterocycles. The van der Waals surface area contributed by atoms with Crippen LogP contribution >= 0.6 is 28.1 Å². The Morgan fingerprint density at radius 2 is 2.11 bits per heavy atom. The van der Waals surface area contributed by atoms with Crippen LogP contribution in [-0.2, 0) is 11.2 Å². The van der Waals surface area contributed by atoms with Crippen LogP contribution in [0.1, 0.15) is 30.3 Å². The van der Waals surface area contributed by atoms with Crippen molar-refractivity contribution in [3.8, 4) is 0 Å². The summed E-state index contributed by atoms with van der Waals surface area (Å²) < 4.78 is 41.5. The number of halogens is 4. The number of hydrogen-bond donors (Lipinski definition) is 1. The molecule has 0 radical (unpaired) electrons. The van der Waals surface area contributed by atoms with Gasteiger partial charge in [0.05, 0.1) is 11.1 Å². The molecule has 1 aliphatic carbocycles. The zero-order chi connectivity index (χ0) is 14.0. The molecular weight excluding hydrogens is 345 g/mol. The second-order valence-corrected chi connectivity index (χ2v) is 5.59. The van der Waals surface area contributed by atoms with Crippen molar-refractivity contribution in [1.29, 1.82) is 0 Å². The molecular formula is C11H12BrF3N2OS. The van der Waals surface area contributed by atoms with E-state index in [1.54, 1.807) is 0 Å². The molecule has 1 aliphatic rings. The van der Waals surface area contributed by atoms with Gasteiger partial charge in [-0.15, -0.1) is 0 Å². The SMILES string of the molecule is FC(F)(F)COCCc1nc(=S)c(Br)c(C2CC2)[nH]1. The molecule has 1 aromatic rings. The molecule has 0 atom stereocenters. The van der Waals surface area contributed by atoms with Crippen LogP contribution in [0, 0.1) is 4.64 Å². The van der Waals surface area contributed by atoms with Gasteiger partial charge in [-0.1, -0.05) is 12.2 Å². The Balaban J connectivity index is 1.95. The topological polar surface area (TPSA) is 37.9 Å². The largest absolute Gasteiger partial charge is 0.411 e. The molecule has 1 aromatic heterocycles. The first kappa shape index (κ1) is 14.9. The average Bonchev–Trinajstić information content (AvgIpc) is 3.11. The quantitative estimate of drug-likeness (QED) is 0.642. The Bertz CT molecular complexity index is 514. The van der Waals surface area contributed by atoms with Gasteiger partial charge in [0.15, 0.2) is 0 Å². The van der Waals surface area contributed by atoms with E-state index in [-0.39, 0.29) is 13.0 Å². The van der Waals surface area contributed by atoms with Crippen LogP contribution in [0.3, 0.4) is 0 Å². The minimum Gasteiger partial charge on any atom is -0.372 e. The van der Waals surface area contributed by atoms with Gasteiger partial charge in [-0.3, -0.25) is 0 Å². The van der Waals surface area contributed by atoms with Crippen molar-refractivity contribution in [3.63, 3.8) is 0 Å². The molecule has 1 saturated carbocycles. The van der Waals surface area contributed by atoms with Gasteiger partial charge < -0.3 is 9.72 Å². The molecule has 1 fully saturated rings. The Kier molecular flexibility index (Phi) is 4.62. The number of H-pyrrole nitrogens is 1. The van der Waals surface area contributed by atoms with Crippen LogP contribution in [0.25, 0.3) is 0 Å². The van der Waals surface area contributed by atoms with Crippen molar-refractivity contribution >= 4 is 28.1 Å². The fraction of sp³-hybridized carbons (Fsp3) is 0.636. The molecule has 3 nitrogen and oxygen atoms in total. The zero-order valence-corrected chi connectivity index (χ0v) is 12.3. The highest BCUT2D eigenvalue weighted by Gasteiger charge is 2.28. The second kappa shape index (κ2) is 5.88. The molecule has 1 N–H and O–H groups in total. The molecule has 0 unspecified atom stereocenters. The fourth-order valence-electron chi connectivity index (χ4n) is 1.65. The van der Waals surface area contributed by atoms with Gasteiger partial charge in [-0.2, -0.15) is 13.2 Å². The minimum absolute atomic E-state index is 0.0382. The number of aromatic nitrogens is 2. The number of hydrogen-bond acceptors (Lipinski definition) is 3. The maximum Gasteiger partial charge on any atom is 0.411 e. The van der Waals surface area contributed by atoms with Crippen molar-refractivity contribution in [3.05, 3.63) is 20.6 Å². The second-order valence-electron chi connectivity index (χ2n) is 4.41. The van der Waals surface area contributed by atoms with E-state index in [4.69, 9.17) is 12.2 Å². The molecule has 19 heavy (non-hydrogen) atoms. The van der Waals surface area contributed by atoms with E-state index < -0.39 is 12.8 Å². The van der Waals surface area contributed by atoms with Crippen molar-refractivity contribution in [2.24, 2.45) is 0 Å². The summed E-state index contributed by atoms with van der Waals surface area (Å²) >= 11 is 8.50. The van der Waals surface area contributed by atoms with Crippen LogP contribution in [0.5, 0.6) is 0 Å². The van der Waals surface area contributed by atoms with E-state index in [1.807, 2.05) is 0 Å². The van der Waals surface area contributed by atoms with E-state index in [0.29, 0.717) is 16.4 Å². The first-order valence-electron chi connectivity index (χ1n) is 5.80. The first-order chi connectivity index (χ1) is 8.87. The number of ether oxygens (including phenoxy) is 1. The molecule has 0 aromatic carbocycles. The van der Waals surface area contributed by atoms with Gasteiger partial charge in [-0.05, 0) is 28.8 Å². The third-order valence-electron chi connectivity index (χ3n) is 2.67. The Morgan fingerprint density at radius 3 is 2.68 bits per heavy atom. The fourth-order valence-corrected chi connectivity index (χ4v) is 2.39. The first-order valence-corrected chi connectivity index (χ1v) is 7.00. The number of nitrogens with one attached hydrogen (secondary N) is 1. The number of rotatable bonds is 5. The van der Waals surface area contributed by atoms with Crippen molar-refractivity contribution in [2.75, 3.05) is 13.2 Å². The molecule has 106 valence electrons. The highest BCUT2D eigenvalue weighted by molar-refractivity contribution is 9.10. The van der Waals surface area contributed by atoms with Gasteiger partial charge >= 0.3 is 6.18 Å². The molecule has 1 heterocycles. The summed E-state index contributed by atoms with van der Waals surface area (Å²) in [6.45, 7) is -1.27. The van der Waals surface area contributed by atoms with Crippen LogP contribution < -0.4 is 0 Å². The summed E-state index contributed by atoms with van der Waals surface area (Å²) in [4.78, 5) is 7.26. The van der Waals surface area contributed by atoms with Crippen LogP contribution in [0.15, 0.2) is 4.47 Å². The number of nitrogens with zero attached hydrogens (tertiary/aromatic N) is 1. The normalized spacial score (nSPS) is 15.8. The summed E-state index contributed by atoms with van der Waals surface area (Å²) in [7, 11) is 0. The summed E-state index contributed by atoms with van der Waals surface area (Å²) in [6.07, 6.45) is -1.82. The average molecular weight is 357 g/mol. The van der Waals surface area contributed by atoms with Crippen molar-refractivity contribution in [1.82, 2.24) is 9.97 Å². The third kappa shape index (κ3) is 4.54. The van der Waals surface area contributed by atoms with E-state index in [9.17, 15) is 13.2 Å². The lowest BCUT2D eigenvalue weighted by Crippen LogP contribution is -2.18. The molecule has 2 rings (SSSR count). The highest BCUT2D eigenvalue weighted by Crippen LogP contribution is 2.42. The predicted molar refractivity (Wildman–Crippen MR) is 69.7 cm³/mol. The number of alkyl halides is 3. The van der Waals surface area contributed by atoms with E-state index in [1.165, 1.54) is 0 Å². The summed E-state index contributed by atoms with van der Waals surface area (Å²) in [6, 6.07) is 0. The molecule has 0 amide bonds. The lowest BCUT2D eigenvalue weighted by atomic mass is 10.3. The Hall–Kier alpha value is -0.470. The third-order valence-corrected chi connectivity index (χ3v) is 4.03. The van der Waals surface area contributed by atoms with E-state index in [0.717, 1.165) is 23.0 Å². The lowest BCUT2D eigenvalue weighted by Gasteiger charge is -2.09. The van der Waals surface area contributed by atoms with E-state index >= 15 is 0 Å². The zero-order valence-electron chi connectivity index (χ0n) is 9.89. The lowest BCUT2D eigenvalue weighted by molar-refractivity contribution is -0.173. The molecule has 8 heteroatoms. The van der Waals surface area contributed by atoms with E-state index in [2.05, 4.69) is 30.6 Å². The van der Waals surface area contributed by atoms with Gasteiger partial charge in [0.2, 0.25) is 0 Å². The van der Waals surface area contributed by atoms with Crippen LogP contribution in [0.2, 0.25) is 0 Å². The Labute approximate surface area is 121 Å². The van der Waals surface area contributed by atoms with Gasteiger partial charge in [0.25, 0.3) is 0 Å². The molecule has 0 bridgehead atoms. The monoisotopic (exact) mass is 356 g/mol.